The van der Waals surface area contributed by atoms with Gasteiger partial charge < -0.3 is 19.5 Å². The summed E-state index contributed by atoms with van der Waals surface area (Å²) in [6.45, 7) is 3.51. The van der Waals surface area contributed by atoms with Crippen molar-refractivity contribution in [1.82, 2.24) is 5.32 Å². The number of ether oxygens (including phenoxy) is 3. The van der Waals surface area contributed by atoms with Crippen molar-refractivity contribution in [1.29, 1.82) is 0 Å². The summed E-state index contributed by atoms with van der Waals surface area (Å²) in [5.41, 5.74) is 0.998. The normalized spacial score (nSPS) is 16.9. The lowest BCUT2D eigenvalue weighted by Crippen LogP contribution is -2.30. The number of amides is 1. The summed E-state index contributed by atoms with van der Waals surface area (Å²) in [5.74, 6) is 1.89. The molecule has 1 aromatic carbocycles. The lowest BCUT2D eigenvalue weighted by atomic mass is 9.96. The molecule has 1 amide bonds. The summed E-state index contributed by atoms with van der Waals surface area (Å²) in [5, 5.41) is 3.06. The quantitative estimate of drug-likeness (QED) is 0.878. The van der Waals surface area contributed by atoms with Crippen LogP contribution in [-0.4, -0.2) is 33.3 Å². The van der Waals surface area contributed by atoms with Crippen LogP contribution in [-0.2, 0) is 9.53 Å². The van der Waals surface area contributed by atoms with Gasteiger partial charge in [-0.3, -0.25) is 4.79 Å². The van der Waals surface area contributed by atoms with Crippen molar-refractivity contribution in [2.24, 2.45) is 5.92 Å². The molecule has 0 saturated carbocycles. The zero-order valence-corrected chi connectivity index (χ0v) is 13.6. The molecule has 22 heavy (non-hydrogen) atoms. The predicted octanol–water partition coefficient (Wildman–Crippen LogP) is 2.70. The fourth-order valence-corrected chi connectivity index (χ4v) is 2.72. The molecule has 1 aliphatic rings. The molecule has 5 nitrogen and oxygen atoms in total. The third kappa shape index (κ3) is 4.37. The summed E-state index contributed by atoms with van der Waals surface area (Å²) in [7, 11) is 3.21. The van der Waals surface area contributed by atoms with Crippen LogP contribution in [0.4, 0.5) is 0 Å². The van der Waals surface area contributed by atoms with Gasteiger partial charge in [0.05, 0.1) is 20.3 Å². The molecular formula is C17H25NO4. The topological polar surface area (TPSA) is 56.8 Å². The second-order valence-electron chi connectivity index (χ2n) is 5.66. The SMILES string of the molecule is COc1ccc(C(C)NC(=O)CC2CCOCC2)cc1OC. The molecule has 1 aliphatic heterocycles. The van der Waals surface area contributed by atoms with Gasteiger partial charge >= 0.3 is 0 Å². The minimum Gasteiger partial charge on any atom is -0.493 e. The number of methoxy groups -OCH3 is 2. The van der Waals surface area contributed by atoms with Gasteiger partial charge in [-0.1, -0.05) is 6.07 Å². The van der Waals surface area contributed by atoms with Crippen LogP contribution in [0.15, 0.2) is 18.2 Å². The molecule has 1 heterocycles. The first-order valence-corrected chi connectivity index (χ1v) is 7.73. The molecule has 1 aromatic rings. The fourth-order valence-electron chi connectivity index (χ4n) is 2.72. The average molecular weight is 307 g/mol. The van der Waals surface area contributed by atoms with E-state index in [9.17, 15) is 4.79 Å². The second-order valence-corrected chi connectivity index (χ2v) is 5.66. The summed E-state index contributed by atoms with van der Waals surface area (Å²) >= 11 is 0. The molecule has 0 aromatic heterocycles. The minimum absolute atomic E-state index is 0.0628. The van der Waals surface area contributed by atoms with Gasteiger partial charge in [-0.25, -0.2) is 0 Å². The van der Waals surface area contributed by atoms with Gasteiger partial charge in [-0.05, 0) is 43.4 Å². The summed E-state index contributed by atoms with van der Waals surface area (Å²) in [6.07, 6.45) is 2.51. The number of rotatable bonds is 6. The molecule has 5 heteroatoms. The van der Waals surface area contributed by atoms with Crippen molar-refractivity contribution in [2.75, 3.05) is 27.4 Å². The van der Waals surface area contributed by atoms with Gasteiger partial charge in [0.25, 0.3) is 0 Å². The van der Waals surface area contributed by atoms with Crippen molar-refractivity contribution in [3.05, 3.63) is 23.8 Å². The molecule has 0 spiro atoms. The largest absolute Gasteiger partial charge is 0.493 e. The van der Waals surface area contributed by atoms with Gasteiger partial charge in [0.2, 0.25) is 5.91 Å². The number of benzene rings is 1. The maximum Gasteiger partial charge on any atom is 0.220 e. The summed E-state index contributed by atoms with van der Waals surface area (Å²) in [4.78, 5) is 12.2. The zero-order valence-electron chi connectivity index (χ0n) is 13.6. The van der Waals surface area contributed by atoms with Gasteiger partial charge in [0.15, 0.2) is 11.5 Å². The maximum atomic E-state index is 12.2. The molecule has 0 aliphatic carbocycles. The smallest absolute Gasteiger partial charge is 0.220 e. The first-order chi connectivity index (χ1) is 10.6. The van der Waals surface area contributed by atoms with Crippen LogP contribution in [0.5, 0.6) is 11.5 Å². The van der Waals surface area contributed by atoms with E-state index >= 15 is 0 Å². The minimum atomic E-state index is -0.0628. The molecule has 2 rings (SSSR count). The average Bonchev–Trinajstić information content (AvgIpc) is 2.54. The van der Waals surface area contributed by atoms with Gasteiger partial charge in [-0.15, -0.1) is 0 Å². The van der Waals surface area contributed by atoms with E-state index in [2.05, 4.69) is 5.32 Å². The van der Waals surface area contributed by atoms with Crippen molar-refractivity contribution in [3.63, 3.8) is 0 Å². The molecule has 0 radical (unpaired) electrons. The fraction of sp³-hybridized carbons (Fsp3) is 0.588. The number of carbonyl (C=O) groups is 1. The molecule has 1 atom stereocenters. The van der Waals surface area contributed by atoms with E-state index in [0.29, 0.717) is 23.8 Å². The Hall–Kier alpha value is -1.75. The monoisotopic (exact) mass is 307 g/mol. The number of hydrogen-bond acceptors (Lipinski definition) is 4. The Labute approximate surface area is 131 Å². The lowest BCUT2D eigenvalue weighted by Gasteiger charge is -2.23. The first-order valence-electron chi connectivity index (χ1n) is 7.73. The van der Waals surface area contributed by atoms with Crippen molar-refractivity contribution in [2.45, 2.75) is 32.2 Å². The highest BCUT2D eigenvalue weighted by Gasteiger charge is 2.19. The predicted molar refractivity (Wildman–Crippen MR) is 84.3 cm³/mol. The Kier molecular flexibility index (Phi) is 6.07. The van der Waals surface area contributed by atoms with Crippen LogP contribution in [0, 0.1) is 5.92 Å². The third-order valence-electron chi connectivity index (χ3n) is 4.10. The standard InChI is InChI=1S/C17H25NO4/c1-12(14-4-5-15(20-2)16(11-14)21-3)18-17(19)10-13-6-8-22-9-7-13/h4-5,11-13H,6-10H2,1-3H3,(H,18,19). The Morgan fingerprint density at radius 3 is 2.59 bits per heavy atom. The molecule has 0 bridgehead atoms. The van der Waals surface area contributed by atoms with Crippen LogP contribution in [0.1, 0.15) is 37.8 Å². The number of hydrogen-bond donors (Lipinski definition) is 1. The first kappa shape index (κ1) is 16.6. The third-order valence-corrected chi connectivity index (χ3v) is 4.10. The molecule has 1 saturated heterocycles. The van der Waals surface area contributed by atoms with Crippen molar-refractivity contribution >= 4 is 5.91 Å². The lowest BCUT2D eigenvalue weighted by molar-refractivity contribution is -0.123. The number of nitrogens with one attached hydrogen (secondary N) is 1. The maximum absolute atomic E-state index is 12.2. The van der Waals surface area contributed by atoms with Crippen LogP contribution >= 0.6 is 0 Å². The summed E-state index contributed by atoms with van der Waals surface area (Å²) in [6, 6.07) is 5.64. The van der Waals surface area contributed by atoms with E-state index < -0.39 is 0 Å². The Balaban J connectivity index is 1.93. The van der Waals surface area contributed by atoms with E-state index in [1.54, 1.807) is 14.2 Å². The highest BCUT2D eigenvalue weighted by atomic mass is 16.5. The van der Waals surface area contributed by atoms with E-state index in [-0.39, 0.29) is 11.9 Å². The Morgan fingerprint density at radius 1 is 1.27 bits per heavy atom. The van der Waals surface area contributed by atoms with Crippen LogP contribution in [0.25, 0.3) is 0 Å². The Morgan fingerprint density at radius 2 is 1.95 bits per heavy atom. The van der Waals surface area contributed by atoms with E-state index in [4.69, 9.17) is 14.2 Å². The molecular weight excluding hydrogens is 282 g/mol. The van der Waals surface area contributed by atoms with Crippen LogP contribution in [0.2, 0.25) is 0 Å². The summed E-state index contributed by atoms with van der Waals surface area (Å²) < 4.78 is 15.9. The van der Waals surface area contributed by atoms with Gasteiger partial charge in [0, 0.05) is 19.6 Å². The van der Waals surface area contributed by atoms with E-state index in [0.717, 1.165) is 31.6 Å². The Bertz CT molecular complexity index is 497. The van der Waals surface area contributed by atoms with Gasteiger partial charge in [0.1, 0.15) is 0 Å². The number of carbonyl (C=O) groups excluding carboxylic acids is 1. The van der Waals surface area contributed by atoms with Crippen molar-refractivity contribution < 1.29 is 19.0 Å². The second kappa shape index (κ2) is 8.03. The highest BCUT2D eigenvalue weighted by Crippen LogP contribution is 2.30. The zero-order chi connectivity index (χ0) is 15.9. The molecule has 122 valence electrons. The highest BCUT2D eigenvalue weighted by molar-refractivity contribution is 5.76. The van der Waals surface area contributed by atoms with Gasteiger partial charge in [-0.2, -0.15) is 0 Å². The van der Waals surface area contributed by atoms with Crippen LogP contribution < -0.4 is 14.8 Å². The molecule has 1 N–H and O–H groups in total. The molecule has 1 unspecified atom stereocenters. The van der Waals surface area contributed by atoms with Crippen LogP contribution in [0.3, 0.4) is 0 Å². The van der Waals surface area contributed by atoms with E-state index in [1.807, 2.05) is 25.1 Å². The van der Waals surface area contributed by atoms with E-state index in [1.165, 1.54) is 0 Å². The van der Waals surface area contributed by atoms with Crippen molar-refractivity contribution in [3.8, 4) is 11.5 Å². The molecule has 1 fully saturated rings.